The highest BCUT2D eigenvalue weighted by atomic mass is 79.9. The second-order valence-corrected chi connectivity index (χ2v) is 8.87. The largest absolute Gasteiger partial charge is 0.472 e. The molecule has 0 aliphatic carbocycles. The molecule has 0 radical (unpaired) electrons. The molecule has 0 amide bonds. The first-order valence-electron chi connectivity index (χ1n) is 8.37. The molecule has 0 saturated carbocycles. The van der Waals surface area contributed by atoms with E-state index in [1.54, 1.807) is 18.3 Å². The van der Waals surface area contributed by atoms with Gasteiger partial charge in [0.15, 0.2) is 0 Å². The van der Waals surface area contributed by atoms with E-state index in [0.29, 0.717) is 30.3 Å². The number of hydrogen-bond donors (Lipinski definition) is 0. The van der Waals surface area contributed by atoms with E-state index < -0.39 is 10.0 Å². The molecule has 1 unspecified atom stereocenters. The predicted molar refractivity (Wildman–Crippen MR) is 100 cm³/mol. The summed E-state index contributed by atoms with van der Waals surface area (Å²) in [5.41, 5.74) is 1.16. The monoisotopic (exact) mass is 424 g/mol. The SMILES string of the molecule is CCCc1ccc(S(=O)(=O)N2CCC(Oc3ncccc3Br)C2)cc1. The number of pyridine rings is 1. The third kappa shape index (κ3) is 4.22. The summed E-state index contributed by atoms with van der Waals surface area (Å²) in [4.78, 5) is 4.52. The summed E-state index contributed by atoms with van der Waals surface area (Å²) in [6.45, 7) is 2.89. The van der Waals surface area contributed by atoms with E-state index in [0.717, 1.165) is 22.9 Å². The van der Waals surface area contributed by atoms with Crippen molar-refractivity contribution in [3.8, 4) is 5.88 Å². The molecule has 0 spiro atoms. The number of aryl methyl sites for hydroxylation is 1. The Morgan fingerprint density at radius 1 is 1.28 bits per heavy atom. The summed E-state index contributed by atoms with van der Waals surface area (Å²) >= 11 is 3.39. The van der Waals surface area contributed by atoms with Crippen LogP contribution in [-0.2, 0) is 16.4 Å². The van der Waals surface area contributed by atoms with Crippen LogP contribution >= 0.6 is 15.9 Å². The van der Waals surface area contributed by atoms with Gasteiger partial charge >= 0.3 is 0 Å². The molecule has 2 heterocycles. The molecule has 1 saturated heterocycles. The molecule has 2 aromatic rings. The van der Waals surface area contributed by atoms with Crippen molar-refractivity contribution in [1.29, 1.82) is 0 Å². The van der Waals surface area contributed by atoms with Crippen molar-refractivity contribution in [3.63, 3.8) is 0 Å². The van der Waals surface area contributed by atoms with Crippen LogP contribution in [0.25, 0.3) is 0 Å². The molecule has 1 fully saturated rings. The first kappa shape index (κ1) is 18.4. The molecule has 5 nitrogen and oxygen atoms in total. The van der Waals surface area contributed by atoms with Crippen molar-refractivity contribution in [2.75, 3.05) is 13.1 Å². The Hall–Kier alpha value is -1.44. The van der Waals surface area contributed by atoms with Crippen molar-refractivity contribution in [3.05, 3.63) is 52.6 Å². The third-order valence-electron chi connectivity index (χ3n) is 4.21. The normalized spacial score (nSPS) is 18.4. The molecule has 1 aromatic heterocycles. The Bertz CT molecular complexity index is 824. The van der Waals surface area contributed by atoms with Gasteiger partial charge in [-0.1, -0.05) is 25.5 Å². The fraction of sp³-hybridized carbons (Fsp3) is 0.389. The molecule has 0 N–H and O–H groups in total. The number of ether oxygens (including phenoxy) is 1. The standard InChI is InChI=1S/C18H21BrN2O3S/c1-2-4-14-6-8-16(9-7-14)25(22,23)21-12-10-15(13-21)24-18-17(19)5-3-11-20-18/h3,5-9,11,15H,2,4,10,12-13H2,1H3. The van der Waals surface area contributed by atoms with E-state index in [1.165, 1.54) is 4.31 Å². The lowest BCUT2D eigenvalue weighted by atomic mass is 10.1. The second kappa shape index (κ2) is 7.85. The fourth-order valence-electron chi connectivity index (χ4n) is 2.89. The van der Waals surface area contributed by atoms with Gasteiger partial charge in [0.2, 0.25) is 15.9 Å². The van der Waals surface area contributed by atoms with E-state index in [9.17, 15) is 8.42 Å². The third-order valence-corrected chi connectivity index (χ3v) is 6.69. The summed E-state index contributed by atoms with van der Waals surface area (Å²) in [7, 11) is -3.48. The van der Waals surface area contributed by atoms with Gasteiger partial charge in [0.05, 0.1) is 15.9 Å². The minimum Gasteiger partial charge on any atom is -0.472 e. The summed E-state index contributed by atoms with van der Waals surface area (Å²) in [5.74, 6) is 0.496. The minimum absolute atomic E-state index is 0.194. The van der Waals surface area contributed by atoms with E-state index >= 15 is 0 Å². The van der Waals surface area contributed by atoms with Crippen LogP contribution in [0.15, 0.2) is 52.0 Å². The molecule has 1 aliphatic heterocycles. The molecule has 0 bridgehead atoms. The quantitative estimate of drug-likeness (QED) is 0.709. The topological polar surface area (TPSA) is 59.5 Å². The number of nitrogens with zero attached hydrogens (tertiary/aromatic N) is 2. The van der Waals surface area contributed by atoms with Crippen LogP contribution in [0.3, 0.4) is 0 Å². The van der Waals surface area contributed by atoms with Gasteiger partial charge in [-0.15, -0.1) is 0 Å². The molecular weight excluding hydrogens is 404 g/mol. The van der Waals surface area contributed by atoms with Gasteiger partial charge in [-0.25, -0.2) is 13.4 Å². The zero-order chi connectivity index (χ0) is 17.9. The van der Waals surface area contributed by atoms with Crippen LogP contribution in [-0.4, -0.2) is 36.9 Å². The lowest BCUT2D eigenvalue weighted by Crippen LogP contribution is -2.31. The molecule has 7 heteroatoms. The van der Waals surface area contributed by atoms with Crippen molar-refractivity contribution in [2.24, 2.45) is 0 Å². The predicted octanol–water partition coefficient (Wildman–Crippen LogP) is 3.64. The summed E-state index contributed by atoms with van der Waals surface area (Å²) < 4.78 is 33.7. The van der Waals surface area contributed by atoms with Crippen LogP contribution in [0.5, 0.6) is 5.88 Å². The van der Waals surface area contributed by atoms with Gasteiger partial charge in [-0.05, 0) is 58.6 Å². The summed E-state index contributed by atoms with van der Waals surface area (Å²) in [5, 5.41) is 0. The highest BCUT2D eigenvalue weighted by Crippen LogP contribution is 2.27. The van der Waals surface area contributed by atoms with E-state index in [2.05, 4.69) is 27.8 Å². The number of aromatic nitrogens is 1. The Morgan fingerprint density at radius 3 is 2.72 bits per heavy atom. The molecular formula is C18H21BrN2O3S. The minimum atomic E-state index is -3.48. The average molecular weight is 425 g/mol. The van der Waals surface area contributed by atoms with Crippen molar-refractivity contribution in [2.45, 2.75) is 37.2 Å². The van der Waals surface area contributed by atoms with Gasteiger partial charge in [0.25, 0.3) is 0 Å². The number of halogens is 1. The Labute approximate surface area is 157 Å². The second-order valence-electron chi connectivity index (χ2n) is 6.08. The van der Waals surface area contributed by atoms with Crippen LogP contribution in [0.4, 0.5) is 0 Å². The van der Waals surface area contributed by atoms with Crippen LogP contribution in [0.2, 0.25) is 0 Å². The van der Waals surface area contributed by atoms with Gasteiger partial charge in [0.1, 0.15) is 6.10 Å². The maximum absolute atomic E-state index is 12.8. The number of benzene rings is 1. The van der Waals surface area contributed by atoms with Crippen LogP contribution < -0.4 is 4.74 Å². The number of sulfonamides is 1. The zero-order valence-corrected chi connectivity index (χ0v) is 16.5. The van der Waals surface area contributed by atoms with Crippen molar-refractivity contribution >= 4 is 26.0 Å². The Kier molecular flexibility index (Phi) is 5.76. The van der Waals surface area contributed by atoms with Gasteiger partial charge in [0, 0.05) is 12.7 Å². The Morgan fingerprint density at radius 2 is 2.04 bits per heavy atom. The van der Waals surface area contributed by atoms with Gasteiger partial charge in [-0.2, -0.15) is 4.31 Å². The maximum Gasteiger partial charge on any atom is 0.243 e. The molecule has 134 valence electrons. The highest BCUT2D eigenvalue weighted by Gasteiger charge is 2.34. The first-order chi connectivity index (χ1) is 12.0. The smallest absolute Gasteiger partial charge is 0.243 e. The van der Waals surface area contributed by atoms with Crippen LogP contribution in [0.1, 0.15) is 25.3 Å². The lowest BCUT2D eigenvalue weighted by molar-refractivity contribution is 0.205. The lowest BCUT2D eigenvalue weighted by Gasteiger charge is -2.17. The molecule has 1 atom stereocenters. The van der Waals surface area contributed by atoms with Crippen molar-refractivity contribution < 1.29 is 13.2 Å². The summed E-state index contributed by atoms with van der Waals surface area (Å²) in [6.07, 6.45) is 4.11. The maximum atomic E-state index is 12.8. The van der Waals surface area contributed by atoms with Gasteiger partial charge < -0.3 is 4.74 Å². The van der Waals surface area contributed by atoms with E-state index in [-0.39, 0.29) is 6.10 Å². The molecule has 3 rings (SSSR count). The highest BCUT2D eigenvalue weighted by molar-refractivity contribution is 9.10. The van der Waals surface area contributed by atoms with E-state index in [4.69, 9.17) is 4.74 Å². The average Bonchev–Trinajstić information content (AvgIpc) is 3.07. The van der Waals surface area contributed by atoms with Crippen molar-refractivity contribution in [1.82, 2.24) is 9.29 Å². The zero-order valence-electron chi connectivity index (χ0n) is 14.1. The summed E-state index contributed by atoms with van der Waals surface area (Å²) in [6, 6.07) is 10.8. The fourth-order valence-corrected chi connectivity index (χ4v) is 4.73. The number of hydrogen-bond acceptors (Lipinski definition) is 4. The van der Waals surface area contributed by atoms with E-state index in [1.807, 2.05) is 24.3 Å². The molecule has 1 aromatic carbocycles. The number of rotatable bonds is 6. The Balaban J connectivity index is 1.69. The van der Waals surface area contributed by atoms with Gasteiger partial charge in [-0.3, -0.25) is 0 Å². The first-order valence-corrected chi connectivity index (χ1v) is 10.6. The van der Waals surface area contributed by atoms with Crippen LogP contribution in [0, 0.1) is 0 Å². The molecule has 1 aliphatic rings. The molecule has 25 heavy (non-hydrogen) atoms.